The maximum atomic E-state index is 12.1. The number of rotatable bonds is 5. The van der Waals surface area contributed by atoms with E-state index in [9.17, 15) is 4.79 Å². The molecule has 4 rings (SSSR count). The van der Waals surface area contributed by atoms with Crippen molar-refractivity contribution in [2.75, 3.05) is 10.6 Å². The first-order chi connectivity index (χ1) is 15.0. The first-order valence-electron chi connectivity index (χ1n) is 9.76. The van der Waals surface area contributed by atoms with Crippen molar-refractivity contribution in [1.82, 2.24) is 19.7 Å². The van der Waals surface area contributed by atoms with E-state index in [4.69, 9.17) is 4.74 Å². The monoisotopic (exact) mass is 414 g/mol. The molecule has 2 aromatic heterocycles. The summed E-state index contributed by atoms with van der Waals surface area (Å²) in [5.74, 6) is 2.23. The molecule has 8 heteroatoms. The third kappa shape index (κ3) is 5.05. The molecule has 0 bridgehead atoms. The maximum Gasteiger partial charge on any atom is 0.323 e. The van der Waals surface area contributed by atoms with Gasteiger partial charge in [0.1, 0.15) is 11.6 Å². The first kappa shape index (κ1) is 20.1. The minimum absolute atomic E-state index is 0.319. The molecule has 2 heterocycles. The Hall–Kier alpha value is -4.20. The SMILES string of the molecule is Cc1cc(C)n(-c2cc(Oc3ccc(NC(=O)Nc4ccccc4)cc3)nc(C)n2)n1. The van der Waals surface area contributed by atoms with Crippen LogP contribution in [0.4, 0.5) is 16.2 Å². The average Bonchev–Trinajstić information content (AvgIpc) is 3.08. The second-order valence-electron chi connectivity index (χ2n) is 7.02. The van der Waals surface area contributed by atoms with Crippen LogP contribution in [0.1, 0.15) is 17.2 Å². The van der Waals surface area contributed by atoms with Crippen LogP contribution in [-0.2, 0) is 0 Å². The summed E-state index contributed by atoms with van der Waals surface area (Å²) in [5, 5.41) is 10.0. The zero-order valence-electron chi connectivity index (χ0n) is 17.5. The lowest BCUT2D eigenvalue weighted by Gasteiger charge is -2.10. The zero-order valence-corrected chi connectivity index (χ0v) is 17.5. The zero-order chi connectivity index (χ0) is 21.8. The van der Waals surface area contributed by atoms with Gasteiger partial charge >= 0.3 is 6.03 Å². The normalized spacial score (nSPS) is 10.5. The Kier molecular flexibility index (Phi) is 5.61. The van der Waals surface area contributed by atoms with Gasteiger partial charge in [0.25, 0.3) is 0 Å². The number of hydrogen-bond acceptors (Lipinski definition) is 5. The quantitative estimate of drug-likeness (QED) is 0.478. The number of para-hydroxylation sites is 1. The fourth-order valence-electron chi connectivity index (χ4n) is 3.09. The number of amides is 2. The van der Waals surface area contributed by atoms with Gasteiger partial charge in [-0.1, -0.05) is 18.2 Å². The molecular weight excluding hydrogens is 392 g/mol. The standard InChI is InChI=1S/C23H22N6O2/c1-15-13-16(2)29(28-15)21-14-22(25-17(3)24-21)31-20-11-9-19(10-12-20)27-23(30)26-18-7-5-4-6-8-18/h4-14H,1-3H3,(H2,26,27,30). The van der Waals surface area contributed by atoms with Crippen molar-refractivity contribution < 1.29 is 9.53 Å². The molecule has 0 saturated carbocycles. The number of nitrogens with zero attached hydrogens (tertiary/aromatic N) is 4. The second-order valence-corrected chi connectivity index (χ2v) is 7.02. The molecule has 8 nitrogen and oxygen atoms in total. The number of nitrogens with one attached hydrogen (secondary N) is 2. The molecule has 4 aromatic rings. The van der Waals surface area contributed by atoms with Gasteiger partial charge in [-0.25, -0.2) is 14.5 Å². The highest BCUT2D eigenvalue weighted by atomic mass is 16.5. The number of aryl methyl sites for hydroxylation is 3. The van der Waals surface area contributed by atoms with Crippen molar-refractivity contribution >= 4 is 17.4 Å². The number of carbonyl (C=O) groups is 1. The van der Waals surface area contributed by atoms with Gasteiger partial charge in [-0.2, -0.15) is 10.1 Å². The predicted octanol–water partition coefficient (Wildman–Crippen LogP) is 5.02. The number of anilines is 2. The first-order valence-corrected chi connectivity index (χ1v) is 9.76. The van der Waals surface area contributed by atoms with Gasteiger partial charge in [0.05, 0.1) is 5.69 Å². The van der Waals surface area contributed by atoms with Crippen molar-refractivity contribution in [3.8, 4) is 17.4 Å². The van der Waals surface area contributed by atoms with Crippen LogP contribution in [0.15, 0.2) is 66.7 Å². The molecule has 0 saturated heterocycles. The molecule has 0 aliphatic heterocycles. The number of aromatic nitrogens is 4. The van der Waals surface area contributed by atoms with Gasteiger partial charge in [0.15, 0.2) is 5.82 Å². The van der Waals surface area contributed by atoms with Crippen LogP contribution < -0.4 is 15.4 Å². The average molecular weight is 414 g/mol. The predicted molar refractivity (Wildman–Crippen MR) is 119 cm³/mol. The van der Waals surface area contributed by atoms with Gasteiger partial charge in [0.2, 0.25) is 5.88 Å². The molecule has 0 aliphatic carbocycles. The van der Waals surface area contributed by atoms with Crippen LogP contribution in [0.25, 0.3) is 5.82 Å². The Labute approximate surface area is 179 Å². The molecule has 31 heavy (non-hydrogen) atoms. The van der Waals surface area contributed by atoms with Crippen molar-refractivity contribution in [3.63, 3.8) is 0 Å². The summed E-state index contributed by atoms with van der Waals surface area (Å²) in [6, 6.07) is 19.7. The Bertz CT molecular complexity index is 1200. The third-order valence-electron chi connectivity index (χ3n) is 4.39. The Morgan fingerprint density at radius 1 is 0.871 bits per heavy atom. The molecule has 0 unspecified atom stereocenters. The number of hydrogen-bond donors (Lipinski definition) is 2. The highest BCUT2D eigenvalue weighted by molar-refractivity contribution is 5.99. The third-order valence-corrected chi connectivity index (χ3v) is 4.39. The minimum Gasteiger partial charge on any atom is -0.439 e. The van der Waals surface area contributed by atoms with E-state index in [0.29, 0.717) is 29.0 Å². The summed E-state index contributed by atoms with van der Waals surface area (Å²) < 4.78 is 7.66. The second kappa shape index (κ2) is 8.66. The number of urea groups is 1. The molecule has 2 aromatic carbocycles. The van der Waals surface area contributed by atoms with Gasteiger partial charge in [0, 0.05) is 23.1 Å². The number of carbonyl (C=O) groups excluding carboxylic acids is 1. The van der Waals surface area contributed by atoms with Crippen LogP contribution in [0.5, 0.6) is 11.6 Å². The van der Waals surface area contributed by atoms with E-state index < -0.39 is 0 Å². The van der Waals surface area contributed by atoms with Crippen molar-refractivity contribution in [2.45, 2.75) is 20.8 Å². The van der Waals surface area contributed by atoms with E-state index >= 15 is 0 Å². The number of benzene rings is 2. The smallest absolute Gasteiger partial charge is 0.323 e. The molecule has 0 aliphatic rings. The molecule has 2 amide bonds. The van der Waals surface area contributed by atoms with Crippen molar-refractivity contribution in [1.29, 1.82) is 0 Å². The summed E-state index contributed by atoms with van der Waals surface area (Å²) in [7, 11) is 0. The summed E-state index contributed by atoms with van der Waals surface area (Å²) in [5.41, 5.74) is 3.25. The van der Waals surface area contributed by atoms with Gasteiger partial charge in [-0.15, -0.1) is 0 Å². The van der Waals surface area contributed by atoms with E-state index in [2.05, 4.69) is 25.7 Å². The topological polar surface area (TPSA) is 94.0 Å². The summed E-state index contributed by atoms with van der Waals surface area (Å²) in [4.78, 5) is 20.9. The van der Waals surface area contributed by atoms with E-state index in [-0.39, 0.29) is 6.03 Å². The molecule has 2 N–H and O–H groups in total. The van der Waals surface area contributed by atoms with Crippen LogP contribution in [0.3, 0.4) is 0 Å². The van der Waals surface area contributed by atoms with Gasteiger partial charge < -0.3 is 15.4 Å². The summed E-state index contributed by atoms with van der Waals surface area (Å²) in [6.45, 7) is 5.71. The highest BCUT2D eigenvalue weighted by Gasteiger charge is 2.10. The Morgan fingerprint density at radius 2 is 1.55 bits per heavy atom. The Morgan fingerprint density at radius 3 is 2.19 bits per heavy atom. The lowest BCUT2D eigenvalue weighted by molar-refractivity contribution is 0.262. The minimum atomic E-state index is -0.319. The number of ether oxygens (including phenoxy) is 1. The largest absolute Gasteiger partial charge is 0.439 e. The van der Waals surface area contributed by atoms with Crippen LogP contribution in [0, 0.1) is 20.8 Å². The maximum absolute atomic E-state index is 12.1. The molecular formula is C23H22N6O2. The molecule has 0 radical (unpaired) electrons. The van der Waals surface area contributed by atoms with Crippen LogP contribution in [-0.4, -0.2) is 25.8 Å². The lowest BCUT2D eigenvalue weighted by atomic mass is 10.3. The summed E-state index contributed by atoms with van der Waals surface area (Å²) in [6.07, 6.45) is 0. The fraction of sp³-hybridized carbons (Fsp3) is 0.130. The molecule has 0 fully saturated rings. The van der Waals surface area contributed by atoms with E-state index in [1.54, 1.807) is 41.9 Å². The van der Waals surface area contributed by atoms with Gasteiger partial charge in [-0.05, 0) is 63.2 Å². The van der Waals surface area contributed by atoms with Crippen molar-refractivity contribution in [3.05, 3.63) is 83.9 Å². The van der Waals surface area contributed by atoms with Crippen molar-refractivity contribution in [2.24, 2.45) is 0 Å². The molecule has 0 atom stereocenters. The van der Waals surface area contributed by atoms with Gasteiger partial charge in [-0.3, -0.25) is 0 Å². The fourth-order valence-corrected chi connectivity index (χ4v) is 3.09. The van der Waals surface area contributed by atoms with E-state index in [1.165, 1.54) is 0 Å². The highest BCUT2D eigenvalue weighted by Crippen LogP contribution is 2.23. The Balaban J connectivity index is 1.44. The van der Waals surface area contributed by atoms with Crippen LogP contribution >= 0.6 is 0 Å². The molecule has 0 spiro atoms. The molecule has 156 valence electrons. The van der Waals surface area contributed by atoms with E-state index in [1.807, 2.05) is 50.2 Å². The summed E-state index contributed by atoms with van der Waals surface area (Å²) >= 11 is 0. The lowest BCUT2D eigenvalue weighted by Crippen LogP contribution is -2.19. The van der Waals surface area contributed by atoms with Crippen LogP contribution in [0.2, 0.25) is 0 Å². The van der Waals surface area contributed by atoms with E-state index in [0.717, 1.165) is 17.1 Å².